The van der Waals surface area contributed by atoms with Crippen molar-refractivity contribution in [3.8, 4) is 0 Å². The van der Waals surface area contributed by atoms with Gasteiger partial charge in [-0.1, -0.05) is 0 Å². The highest BCUT2D eigenvalue weighted by atomic mass is 19.1. The van der Waals surface area contributed by atoms with Gasteiger partial charge in [0.05, 0.1) is 0 Å². The third-order valence-electron chi connectivity index (χ3n) is 2.17. The van der Waals surface area contributed by atoms with E-state index < -0.39 is 0 Å². The third-order valence-corrected chi connectivity index (χ3v) is 2.17. The van der Waals surface area contributed by atoms with Gasteiger partial charge in [-0.25, -0.2) is 4.39 Å². The number of hydrogen-bond acceptors (Lipinski definition) is 2. The molecule has 0 saturated carbocycles. The van der Waals surface area contributed by atoms with Crippen LogP contribution in [0.2, 0.25) is 0 Å². The van der Waals surface area contributed by atoms with Crippen LogP contribution in [0.15, 0.2) is 24.3 Å². The third kappa shape index (κ3) is 1.98. The zero-order valence-corrected chi connectivity index (χ0v) is 7.33. The van der Waals surface area contributed by atoms with Crippen molar-refractivity contribution < 1.29 is 4.39 Å². The first kappa shape index (κ1) is 8.51. The van der Waals surface area contributed by atoms with Crippen molar-refractivity contribution in [2.75, 3.05) is 24.5 Å². The van der Waals surface area contributed by atoms with E-state index in [0.29, 0.717) is 0 Å². The number of piperazine rings is 1. The van der Waals surface area contributed by atoms with Gasteiger partial charge < -0.3 is 10.2 Å². The molecular weight excluding hydrogens is 167 g/mol. The van der Waals surface area contributed by atoms with E-state index in [-0.39, 0.29) is 5.82 Å². The summed E-state index contributed by atoms with van der Waals surface area (Å²) in [5.41, 5.74) is 1.08. The summed E-state index contributed by atoms with van der Waals surface area (Å²) in [5.74, 6) is -0.178. The second kappa shape index (κ2) is 3.75. The summed E-state index contributed by atoms with van der Waals surface area (Å²) in [6, 6.07) is 6.62. The van der Waals surface area contributed by atoms with Crippen LogP contribution in [0.25, 0.3) is 0 Å². The molecule has 1 N–H and O–H groups in total. The fourth-order valence-electron chi connectivity index (χ4n) is 1.45. The highest BCUT2D eigenvalue weighted by molar-refractivity contribution is 5.47. The Hall–Kier alpha value is -1.09. The van der Waals surface area contributed by atoms with Crippen LogP contribution in [0.4, 0.5) is 10.1 Å². The van der Waals surface area contributed by atoms with Crippen molar-refractivity contribution in [1.82, 2.24) is 5.32 Å². The van der Waals surface area contributed by atoms with E-state index in [1.165, 1.54) is 12.1 Å². The highest BCUT2D eigenvalue weighted by Crippen LogP contribution is 2.15. The van der Waals surface area contributed by atoms with E-state index in [1.54, 1.807) is 0 Å². The molecule has 1 aromatic carbocycles. The smallest absolute Gasteiger partial charge is 0.123 e. The lowest BCUT2D eigenvalue weighted by atomic mass is 10.2. The molecule has 1 aliphatic heterocycles. The van der Waals surface area contributed by atoms with Gasteiger partial charge in [0.1, 0.15) is 5.82 Å². The van der Waals surface area contributed by atoms with Crippen LogP contribution in [0, 0.1) is 12.4 Å². The second-order valence-corrected chi connectivity index (χ2v) is 3.08. The number of hydrogen-bond donors (Lipinski definition) is 1. The maximum Gasteiger partial charge on any atom is 0.123 e. The maximum absolute atomic E-state index is 12.6. The Balaban J connectivity index is 2.10. The van der Waals surface area contributed by atoms with Crippen molar-refractivity contribution in [2.24, 2.45) is 0 Å². The molecule has 2 rings (SSSR count). The molecule has 0 atom stereocenters. The molecule has 1 saturated heterocycles. The minimum atomic E-state index is -0.178. The molecule has 1 aliphatic rings. The lowest BCUT2D eigenvalue weighted by Crippen LogP contribution is -2.40. The van der Waals surface area contributed by atoms with E-state index >= 15 is 0 Å². The van der Waals surface area contributed by atoms with Gasteiger partial charge in [0.2, 0.25) is 0 Å². The van der Waals surface area contributed by atoms with E-state index in [0.717, 1.165) is 25.3 Å². The minimum Gasteiger partial charge on any atom is -0.369 e. The molecule has 1 fully saturated rings. The van der Waals surface area contributed by atoms with E-state index in [1.807, 2.05) is 18.7 Å². The summed E-state index contributed by atoms with van der Waals surface area (Å²) in [4.78, 5) is 2.20. The van der Waals surface area contributed by atoms with E-state index in [2.05, 4.69) is 10.2 Å². The summed E-state index contributed by atoms with van der Waals surface area (Å²) < 4.78 is 12.6. The topological polar surface area (TPSA) is 15.3 Å². The Morgan fingerprint density at radius 2 is 2.00 bits per heavy atom. The largest absolute Gasteiger partial charge is 0.369 e. The van der Waals surface area contributed by atoms with Gasteiger partial charge in [0, 0.05) is 31.9 Å². The summed E-state index contributed by atoms with van der Waals surface area (Å²) in [5, 5.41) is 3.16. The Labute approximate surface area is 77.4 Å². The predicted octanol–water partition coefficient (Wildman–Crippen LogP) is 1.40. The van der Waals surface area contributed by atoms with E-state index in [9.17, 15) is 4.39 Å². The Bertz CT molecular complexity index is 265. The number of anilines is 1. The number of nitrogens with one attached hydrogen (secondary N) is 1. The molecule has 1 heterocycles. The SMILES string of the molecule is Fc1ccc(N2C[CH]NCC2)cc1. The second-order valence-electron chi connectivity index (χ2n) is 3.08. The molecule has 0 amide bonds. The monoisotopic (exact) mass is 179 g/mol. The molecular formula is C10H12FN2. The molecule has 0 aromatic heterocycles. The molecule has 3 heteroatoms. The van der Waals surface area contributed by atoms with Crippen molar-refractivity contribution in [2.45, 2.75) is 0 Å². The zero-order chi connectivity index (χ0) is 9.10. The summed E-state index contributed by atoms with van der Waals surface area (Å²) >= 11 is 0. The normalized spacial score (nSPS) is 17.5. The maximum atomic E-state index is 12.6. The first-order valence-electron chi connectivity index (χ1n) is 4.42. The van der Waals surface area contributed by atoms with Gasteiger partial charge in [-0.2, -0.15) is 0 Å². The van der Waals surface area contributed by atoms with Gasteiger partial charge in [-0.3, -0.25) is 0 Å². The average Bonchev–Trinajstić information content (AvgIpc) is 2.20. The van der Waals surface area contributed by atoms with Crippen LogP contribution in [0.3, 0.4) is 0 Å². The van der Waals surface area contributed by atoms with Gasteiger partial charge in [0.15, 0.2) is 0 Å². The number of halogens is 1. The van der Waals surface area contributed by atoms with Crippen LogP contribution in [-0.2, 0) is 0 Å². The lowest BCUT2D eigenvalue weighted by molar-refractivity contribution is 0.625. The van der Waals surface area contributed by atoms with Crippen molar-refractivity contribution >= 4 is 5.69 Å². The molecule has 0 aliphatic carbocycles. The zero-order valence-electron chi connectivity index (χ0n) is 7.33. The van der Waals surface area contributed by atoms with Gasteiger partial charge >= 0.3 is 0 Å². The highest BCUT2D eigenvalue weighted by Gasteiger charge is 2.09. The Morgan fingerprint density at radius 3 is 2.62 bits per heavy atom. The van der Waals surface area contributed by atoms with Gasteiger partial charge in [-0.05, 0) is 24.3 Å². The lowest BCUT2D eigenvalue weighted by Gasteiger charge is -2.28. The first-order chi connectivity index (χ1) is 6.36. The van der Waals surface area contributed by atoms with E-state index in [4.69, 9.17) is 0 Å². The van der Waals surface area contributed by atoms with Crippen molar-refractivity contribution in [3.63, 3.8) is 0 Å². The molecule has 0 unspecified atom stereocenters. The molecule has 0 spiro atoms. The first-order valence-corrected chi connectivity index (χ1v) is 4.42. The summed E-state index contributed by atoms with van der Waals surface area (Å²) in [7, 11) is 0. The number of benzene rings is 1. The van der Waals surface area contributed by atoms with Crippen molar-refractivity contribution in [1.29, 1.82) is 0 Å². The molecule has 1 radical (unpaired) electrons. The predicted molar refractivity (Wildman–Crippen MR) is 50.9 cm³/mol. The summed E-state index contributed by atoms with van der Waals surface area (Å²) in [6.45, 7) is 4.83. The Kier molecular flexibility index (Phi) is 2.45. The quantitative estimate of drug-likeness (QED) is 0.701. The fraction of sp³-hybridized carbons (Fsp3) is 0.300. The molecule has 69 valence electrons. The number of nitrogens with zero attached hydrogens (tertiary/aromatic N) is 1. The standard InChI is InChI=1S/C10H12FN2/c11-9-1-3-10(4-2-9)13-7-5-12-6-8-13/h1-5,12H,6-8H2. The number of rotatable bonds is 1. The van der Waals surface area contributed by atoms with Gasteiger partial charge in [-0.15, -0.1) is 0 Å². The van der Waals surface area contributed by atoms with Crippen LogP contribution >= 0.6 is 0 Å². The molecule has 2 nitrogen and oxygen atoms in total. The molecule has 1 aromatic rings. The fourth-order valence-corrected chi connectivity index (χ4v) is 1.45. The molecule has 13 heavy (non-hydrogen) atoms. The minimum absolute atomic E-state index is 0.178. The van der Waals surface area contributed by atoms with Crippen LogP contribution < -0.4 is 10.2 Å². The van der Waals surface area contributed by atoms with Crippen LogP contribution in [-0.4, -0.2) is 19.6 Å². The van der Waals surface area contributed by atoms with Gasteiger partial charge in [0.25, 0.3) is 0 Å². The Morgan fingerprint density at radius 1 is 1.23 bits per heavy atom. The average molecular weight is 179 g/mol. The van der Waals surface area contributed by atoms with Crippen LogP contribution in [0.5, 0.6) is 0 Å². The summed E-state index contributed by atoms with van der Waals surface area (Å²) in [6.07, 6.45) is 0. The van der Waals surface area contributed by atoms with Crippen molar-refractivity contribution in [3.05, 3.63) is 36.6 Å². The molecule has 0 bridgehead atoms. The van der Waals surface area contributed by atoms with Crippen LogP contribution in [0.1, 0.15) is 0 Å².